The Hall–Kier alpha value is -3.16. The Morgan fingerprint density at radius 2 is 1.97 bits per heavy atom. The lowest BCUT2D eigenvalue weighted by molar-refractivity contribution is -0.127. The maximum Gasteiger partial charge on any atom is 0.266 e. The molecule has 0 spiro atoms. The highest BCUT2D eigenvalue weighted by Gasteiger charge is 2.43. The summed E-state index contributed by atoms with van der Waals surface area (Å²) in [6.07, 6.45) is 4.47. The fourth-order valence-corrected chi connectivity index (χ4v) is 3.38. The number of hydrazine groups is 1. The van der Waals surface area contributed by atoms with E-state index in [1.54, 1.807) is 6.08 Å². The van der Waals surface area contributed by atoms with Gasteiger partial charge in [-0.1, -0.05) is 36.4 Å². The van der Waals surface area contributed by atoms with E-state index in [2.05, 4.69) is 34.6 Å². The molecule has 170 valence electrons. The number of nitrogens with one attached hydrogen (secondary N) is 2. The lowest BCUT2D eigenvalue weighted by Gasteiger charge is -2.21. The minimum Gasteiger partial charge on any atom is -0.494 e. The summed E-state index contributed by atoms with van der Waals surface area (Å²) in [4.78, 5) is 17.5. The standard InChI is InChI=1S/C25H31N3O4/c1-2-15-25(24(30)28-26-16-6-10-20-8-4-3-5-9-20)19-32-23(27-25)21-11-13-22(14-12-21)31-18-7-17-29/h2-5,8-9,11-14,26,29H,1,6-7,10,15-19H2,(H,28,30)/t25-/m0/s1. The summed E-state index contributed by atoms with van der Waals surface area (Å²) in [6, 6.07) is 17.6. The molecule has 2 aromatic rings. The second-order valence-electron chi connectivity index (χ2n) is 7.65. The molecule has 1 amide bonds. The summed E-state index contributed by atoms with van der Waals surface area (Å²) < 4.78 is 11.3. The van der Waals surface area contributed by atoms with Crippen LogP contribution in [-0.4, -0.2) is 48.8 Å². The second-order valence-corrected chi connectivity index (χ2v) is 7.65. The predicted molar refractivity (Wildman–Crippen MR) is 125 cm³/mol. The molecule has 32 heavy (non-hydrogen) atoms. The van der Waals surface area contributed by atoms with Crippen molar-refractivity contribution in [2.24, 2.45) is 4.99 Å². The van der Waals surface area contributed by atoms with Gasteiger partial charge in [0.1, 0.15) is 12.4 Å². The molecule has 2 aromatic carbocycles. The van der Waals surface area contributed by atoms with Gasteiger partial charge in [-0.15, -0.1) is 6.58 Å². The van der Waals surface area contributed by atoms with Crippen molar-refractivity contribution in [3.8, 4) is 5.75 Å². The van der Waals surface area contributed by atoms with E-state index in [1.807, 2.05) is 42.5 Å². The molecule has 1 aliphatic heterocycles. The number of carbonyl (C=O) groups is 1. The number of ether oxygens (including phenoxy) is 2. The molecular weight excluding hydrogens is 406 g/mol. The van der Waals surface area contributed by atoms with Gasteiger partial charge in [0.2, 0.25) is 5.90 Å². The van der Waals surface area contributed by atoms with Crippen LogP contribution in [0.1, 0.15) is 30.4 Å². The first-order valence-electron chi connectivity index (χ1n) is 10.9. The third kappa shape index (κ3) is 6.42. The van der Waals surface area contributed by atoms with Crippen molar-refractivity contribution < 1.29 is 19.4 Å². The zero-order valence-corrected chi connectivity index (χ0v) is 18.3. The molecule has 7 heteroatoms. The Labute approximate surface area is 189 Å². The molecule has 3 rings (SSSR count). The van der Waals surface area contributed by atoms with E-state index in [-0.39, 0.29) is 19.1 Å². The average Bonchev–Trinajstić information content (AvgIpc) is 3.26. The van der Waals surface area contributed by atoms with E-state index >= 15 is 0 Å². The van der Waals surface area contributed by atoms with E-state index in [0.717, 1.165) is 18.4 Å². The Bertz CT molecular complexity index is 899. The minimum atomic E-state index is -1.04. The summed E-state index contributed by atoms with van der Waals surface area (Å²) in [5.41, 5.74) is 6.79. The fourth-order valence-electron chi connectivity index (χ4n) is 3.38. The smallest absolute Gasteiger partial charge is 0.266 e. The summed E-state index contributed by atoms with van der Waals surface area (Å²) in [5.74, 6) is 0.889. The van der Waals surface area contributed by atoms with Crippen molar-refractivity contribution in [2.75, 3.05) is 26.4 Å². The van der Waals surface area contributed by atoms with Crippen LogP contribution in [0.4, 0.5) is 0 Å². The van der Waals surface area contributed by atoms with Crippen LogP contribution >= 0.6 is 0 Å². The Kier molecular flexibility index (Phi) is 8.83. The molecule has 3 N–H and O–H groups in total. The number of aliphatic hydroxyl groups excluding tert-OH is 1. The average molecular weight is 438 g/mol. The molecule has 0 fully saturated rings. The van der Waals surface area contributed by atoms with Gasteiger partial charge in [-0.05, 0) is 42.7 Å². The highest BCUT2D eigenvalue weighted by Crippen LogP contribution is 2.27. The number of aryl methyl sites for hydroxylation is 1. The zero-order valence-electron chi connectivity index (χ0n) is 18.3. The predicted octanol–water partition coefficient (Wildman–Crippen LogP) is 2.79. The van der Waals surface area contributed by atoms with Gasteiger partial charge in [0.15, 0.2) is 5.54 Å². The topological polar surface area (TPSA) is 92.2 Å². The van der Waals surface area contributed by atoms with E-state index in [4.69, 9.17) is 14.6 Å². The SMILES string of the molecule is C=CC[C@@]1(C(=O)NNCCCc2ccccc2)COC(c2ccc(OCCCO)cc2)=N1. The van der Waals surface area contributed by atoms with Crippen molar-refractivity contribution in [1.82, 2.24) is 10.9 Å². The number of rotatable bonds is 13. The van der Waals surface area contributed by atoms with Gasteiger partial charge in [-0.25, -0.2) is 10.4 Å². The molecule has 7 nitrogen and oxygen atoms in total. The Morgan fingerprint density at radius 3 is 2.69 bits per heavy atom. The van der Waals surface area contributed by atoms with Gasteiger partial charge in [0, 0.05) is 31.6 Å². The van der Waals surface area contributed by atoms with E-state index in [0.29, 0.717) is 37.6 Å². The van der Waals surface area contributed by atoms with Crippen molar-refractivity contribution in [2.45, 2.75) is 31.2 Å². The molecule has 0 aromatic heterocycles. The Balaban J connectivity index is 1.54. The van der Waals surface area contributed by atoms with Gasteiger partial charge in [0.05, 0.1) is 6.61 Å². The number of carbonyl (C=O) groups excluding carboxylic acids is 1. The first-order chi connectivity index (χ1) is 15.7. The highest BCUT2D eigenvalue weighted by atomic mass is 16.5. The maximum absolute atomic E-state index is 12.9. The molecule has 1 atom stereocenters. The van der Waals surface area contributed by atoms with Crippen LogP contribution in [0.2, 0.25) is 0 Å². The molecule has 0 bridgehead atoms. The van der Waals surface area contributed by atoms with Gasteiger partial charge in [0.25, 0.3) is 5.91 Å². The number of aliphatic hydroxyl groups is 1. The van der Waals surface area contributed by atoms with Crippen LogP contribution in [0.15, 0.2) is 72.2 Å². The van der Waals surface area contributed by atoms with Crippen molar-refractivity contribution in [1.29, 1.82) is 0 Å². The molecule has 1 aliphatic rings. The summed E-state index contributed by atoms with van der Waals surface area (Å²) >= 11 is 0. The fraction of sp³-hybridized carbons (Fsp3) is 0.360. The van der Waals surface area contributed by atoms with Crippen LogP contribution < -0.4 is 15.6 Å². The van der Waals surface area contributed by atoms with Crippen LogP contribution in [0.3, 0.4) is 0 Å². The molecule has 0 radical (unpaired) electrons. The molecule has 0 saturated carbocycles. The number of hydrogen-bond acceptors (Lipinski definition) is 6. The van der Waals surface area contributed by atoms with Crippen molar-refractivity contribution in [3.63, 3.8) is 0 Å². The first kappa shape index (κ1) is 23.5. The molecule has 0 saturated heterocycles. The number of benzene rings is 2. The van der Waals surface area contributed by atoms with Gasteiger partial charge >= 0.3 is 0 Å². The highest BCUT2D eigenvalue weighted by molar-refractivity contribution is 6.00. The lowest BCUT2D eigenvalue weighted by Crippen LogP contribution is -2.51. The molecular formula is C25H31N3O4. The van der Waals surface area contributed by atoms with E-state index in [9.17, 15) is 4.79 Å². The van der Waals surface area contributed by atoms with Crippen LogP contribution in [-0.2, 0) is 16.0 Å². The summed E-state index contributed by atoms with van der Waals surface area (Å²) in [6.45, 7) is 5.13. The first-order valence-corrected chi connectivity index (χ1v) is 10.9. The number of hydrogen-bond donors (Lipinski definition) is 3. The van der Waals surface area contributed by atoms with Crippen molar-refractivity contribution in [3.05, 3.63) is 78.4 Å². The van der Waals surface area contributed by atoms with Crippen molar-refractivity contribution >= 4 is 11.8 Å². The van der Waals surface area contributed by atoms with Gasteiger partial charge in [-0.3, -0.25) is 10.2 Å². The molecule has 0 aliphatic carbocycles. The summed E-state index contributed by atoms with van der Waals surface area (Å²) in [7, 11) is 0. The van der Waals surface area contributed by atoms with Gasteiger partial charge in [-0.2, -0.15) is 0 Å². The van der Waals surface area contributed by atoms with Crippen LogP contribution in [0.5, 0.6) is 5.75 Å². The largest absolute Gasteiger partial charge is 0.494 e. The van der Waals surface area contributed by atoms with Crippen LogP contribution in [0.25, 0.3) is 0 Å². The quantitative estimate of drug-likeness (QED) is 0.255. The monoisotopic (exact) mass is 437 g/mol. The number of aliphatic imine (C=N–C) groups is 1. The van der Waals surface area contributed by atoms with Crippen LogP contribution in [0, 0.1) is 0 Å². The molecule has 0 unspecified atom stereocenters. The zero-order chi connectivity index (χ0) is 22.7. The van der Waals surface area contributed by atoms with E-state index in [1.165, 1.54) is 5.56 Å². The van der Waals surface area contributed by atoms with Gasteiger partial charge < -0.3 is 14.6 Å². The number of amides is 1. The summed E-state index contributed by atoms with van der Waals surface area (Å²) in [5, 5.41) is 8.84. The third-order valence-corrected chi connectivity index (χ3v) is 5.15. The molecule has 1 heterocycles. The van der Waals surface area contributed by atoms with E-state index < -0.39 is 5.54 Å². The Morgan fingerprint density at radius 1 is 1.19 bits per heavy atom. The number of nitrogens with zero attached hydrogens (tertiary/aromatic N) is 1. The second kappa shape index (κ2) is 12.0. The normalized spacial score (nSPS) is 17.3. The third-order valence-electron chi connectivity index (χ3n) is 5.15. The maximum atomic E-state index is 12.9. The minimum absolute atomic E-state index is 0.0953. The lowest BCUT2D eigenvalue weighted by atomic mass is 9.97.